The zero-order valence-corrected chi connectivity index (χ0v) is 20.9. The Balaban J connectivity index is 1.23. The number of carbonyl (C=O) groups is 2. The van der Waals surface area contributed by atoms with Crippen molar-refractivity contribution in [2.75, 3.05) is 23.7 Å². The number of nitrogens with one attached hydrogen (secondary N) is 3. The van der Waals surface area contributed by atoms with E-state index in [1.165, 1.54) is 37.0 Å². The van der Waals surface area contributed by atoms with Gasteiger partial charge in [-0.1, -0.05) is 36.8 Å². The molecular weight excluding hydrogens is 467 g/mol. The molecule has 3 aromatic rings. The van der Waals surface area contributed by atoms with Crippen molar-refractivity contribution >= 4 is 28.8 Å². The third-order valence-corrected chi connectivity index (χ3v) is 6.97. The second kappa shape index (κ2) is 11.0. The van der Waals surface area contributed by atoms with E-state index >= 15 is 0 Å². The average Bonchev–Trinajstić information content (AvgIpc) is 3.23. The number of nitrogens with zero attached hydrogens (tertiary/aromatic N) is 1. The summed E-state index contributed by atoms with van der Waals surface area (Å²) < 4.78 is 13.2. The van der Waals surface area contributed by atoms with Crippen LogP contribution in [-0.2, 0) is 11.3 Å². The van der Waals surface area contributed by atoms with Gasteiger partial charge in [-0.05, 0) is 80.4 Å². The zero-order valence-electron chi connectivity index (χ0n) is 20.9. The van der Waals surface area contributed by atoms with E-state index in [0.29, 0.717) is 16.8 Å². The lowest BCUT2D eigenvalue weighted by atomic mass is 10.0. The minimum atomic E-state index is -0.320. The van der Waals surface area contributed by atoms with Gasteiger partial charge in [-0.25, -0.2) is 4.39 Å². The van der Waals surface area contributed by atoms with Crippen LogP contribution in [0.2, 0.25) is 0 Å². The quantitative estimate of drug-likeness (QED) is 0.365. The van der Waals surface area contributed by atoms with Gasteiger partial charge in [0.15, 0.2) is 0 Å². The molecule has 2 aliphatic heterocycles. The van der Waals surface area contributed by atoms with Crippen molar-refractivity contribution in [2.24, 2.45) is 0 Å². The molecule has 1 atom stereocenters. The van der Waals surface area contributed by atoms with E-state index in [1.54, 1.807) is 36.5 Å². The van der Waals surface area contributed by atoms with E-state index in [2.05, 4.69) is 33.0 Å². The Morgan fingerprint density at radius 3 is 2.49 bits per heavy atom. The van der Waals surface area contributed by atoms with E-state index in [4.69, 9.17) is 0 Å². The molecule has 0 aliphatic carbocycles. The van der Waals surface area contributed by atoms with Crippen LogP contribution >= 0.6 is 0 Å². The van der Waals surface area contributed by atoms with Crippen LogP contribution in [0.25, 0.3) is 5.57 Å². The van der Waals surface area contributed by atoms with Crippen LogP contribution in [0.4, 0.5) is 15.8 Å². The van der Waals surface area contributed by atoms with Crippen molar-refractivity contribution in [3.63, 3.8) is 0 Å². The van der Waals surface area contributed by atoms with Crippen LogP contribution in [0.3, 0.4) is 0 Å². The smallest absolute Gasteiger partial charge is 0.257 e. The van der Waals surface area contributed by atoms with Crippen molar-refractivity contribution in [3.8, 4) is 0 Å². The Bertz CT molecular complexity index is 1310. The Morgan fingerprint density at radius 1 is 1.03 bits per heavy atom. The monoisotopic (exact) mass is 498 g/mol. The molecule has 0 aromatic heterocycles. The van der Waals surface area contributed by atoms with E-state index in [-0.39, 0.29) is 23.7 Å². The van der Waals surface area contributed by atoms with Crippen LogP contribution in [0.15, 0.2) is 72.9 Å². The van der Waals surface area contributed by atoms with Gasteiger partial charge in [0.05, 0.1) is 11.6 Å². The fourth-order valence-electron chi connectivity index (χ4n) is 4.83. The van der Waals surface area contributed by atoms with Crippen LogP contribution in [-0.4, -0.2) is 29.8 Å². The Labute approximate surface area is 216 Å². The van der Waals surface area contributed by atoms with Crippen molar-refractivity contribution in [2.45, 2.75) is 38.8 Å². The van der Waals surface area contributed by atoms with Gasteiger partial charge >= 0.3 is 0 Å². The van der Waals surface area contributed by atoms with E-state index in [1.807, 2.05) is 19.1 Å². The molecule has 0 saturated carbocycles. The minimum absolute atomic E-state index is 0.221. The van der Waals surface area contributed by atoms with Crippen molar-refractivity contribution in [1.82, 2.24) is 10.2 Å². The summed E-state index contributed by atoms with van der Waals surface area (Å²) in [5.74, 6) is -0.810. The van der Waals surface area contributed by atoms with Crippen molar-refractivity contribution in [1.29, 1.82) is 0 Å². The third kappa shape index (κ3) is 5.89. The Hall–Kier alpha value is -3.97. The van der Waals surface area contributed by atoms with Gasteiger partial charge in [-0.2, -0.15) is 0 Å². The molecule has 0 spiro atoms. The first kappa shape index (κ1) is 24.7. The van der Waals surface area contributed by atoms with Gasteiger partial charge in [0.1, 0.15) is 5.82 Å². The van der Waals surface area contributed by atoms with Crippen LogP contribution in [0.1, 0.15) is 59.3 Å². The number of hydrogen-bond acceptors (Lipinski definition) is 4. The Kier molecular flexibility index (Phi) is 7.32. The number of carbonyl (C=O) groups excluding carboxylic acids is 2. The second-order valence-corrected chi connectivity index (χ2v) is 9.70. The molecule has 37 heavy (non-hydrogen) atoms. The maximum atomic E-state index is 13.2. The molecule has 0 bridgehead atoms. The molecule has 3 aromatic carbocycles. The second-order valence-electron chi connectivity index (χ2n) is 9.70. The average molecular weight is 499 g/mol. The summed E-state index contributed by atoms with van der Waals surface area (Å²) in [6, 6.07) is 19.2. The number of fused-ring (bicyclic) bond motifs is 1. The number of likely N-dealkylation sites (tertiary alicyclic amines) is 1. The normalized spacial score (nSPS) is 17.2. The summed E-state index contributed by atoms with van der Waals surface area (Å²) in [6.45, 7) is 5.14. The number of hydrogen-bond donors (Lipinski definition) is 3. The highest BCUT2D eigenvalue weighted by Gasteiger charge is 2.25. The summed E-state index contributed by atoms with van der Waals surface area (Å²) in [6.07, 6.45) is 5.59. The van der Waals surface area contributed by atoms with Gasteiger partial charge in [0, 0.05) is 35.2 Å². The first-order valence-electron chi connectivity index (χ1n) is 12.8. The molecule has 0 unspecified atom stereocenters. The van der Waals surface area contributed by atoms with E-state index in [9.17, 15) is 14.0 Å². The largest absolute Gasteiger partial charge is 0.361 e. The highest BCUT2D eigenvalue weighted by atomic mass is 19.1. The van der Waals surface area contributed by atoms with Gasteiger partial charge in [0.2, 0.25) is 0 Å². The molecular formula is C30H31FN4O2. The lowest BCUT2D eigenvalue weighted by molar-refractivity contribution is -0.110. The summed E-state index contributed by atoms with van der Waals surface area (Å²) in [5.41, 5.74) is 5.27. The molecule has 2 heterocycles. The fourth-order valence-corrected chi connectivity index (χ4v) is 4.83. The third-order valence-electron chi connectivity index (χ3n) is 6.97. The molecule has 1 fully saturated rings. The molecule has 1 saturated heterocycles. The summed E-state index contributed by atoms with van der Waals surface area (Å²) in [4.78, 5) is 27.9. The molecule has 3 N–H and O–H groups in total. The van der Waals surface area contributed by atoms with Gasteiger partial charge < -0.3 is 16.0 Å². The number of anilines is 2. The maximum Gasteiger partial charge on any atom is 0.257 e. The topological polar surface area (TPSA) is 73.5 Å². The SMILES string of the molecule is C[C@@H](NC(=O)c1ccc2c(c1)NC(=O)/C2=C\Nc1ccc(CN2CCCCC2)cc1)c1ccc(F)cc1. The molecule has 7 heteroatoms. The summed E-state index contributed by atoms with van der Waals surface area (Å²) in [7, 11) is 0. The number of benzene rings is 3. The highest BCUT2D eigenvalue weighted by molar-refractivity contribution is 6.32. The number of piperidine rings is 1. The lowest BCUT2D eigenvalue weighted by Gasteiger charge is -2.26. The molecule has 6 nitrogen and oxygen atoms in total. The summed E-state index contributed by atoms with van der Waals surface area (Å²) in [5, 5.41) is 9.00. The molecule has 0 radical (unpaired) electrons. The van der Waals surface area contributed by atoms with Crippen LogP contribution in [0, 0.1) is 5.82 Å². The Morgan fingerprint density at radius 2 is 1.76 bits per heavy atom. The lowest BCUT2D eigenvalue weighted by Crippen LogP contribution is -2.29. The maximum absolute atomic E-state index is 13.2. The zero-order chi connectivity index (χ0) is 25.8. The molecule has 2 aliphatic rings. The van der Waals surface area contributed by atoms with E-state index in [0.717, 1.165) is 36.4 Å². The first-order chi connectivity index (χ1) is 18.0. The van der Waals surface area contributed by atoms with E-state index < -0.39 is 0 Å². The van der Waals surface area contributed by atoms with Crippen LogP contribution in [0.5, 0.6) is 0 Å². The molecule has 5 rings (SSSR count). The van der Waals surface area contributed by atoms with Crippen LogP contribution < -0.4 is 16.0 Å². The number of halogens is 1. The van der Waals surface area contributed by atoms with Gasteiger partial charge in [-0.15, -0.1) is 0 Å². The predicted molar refractivity (Wildman–Crippen MR) is 145 cm³/mol. The predicted octanol–water partition coefficient (Wildman–Crippen LogP) is 5.71. The number of rotatable bonds is 7. The fraction of sp³-hybridized carbons (Fsp3) is 0.267. The minimum Gasteiger partial charge on any atom is -0.361 e. The highest BCUT2D eigenvalue weighted by Crippen LogP contribution is 2.32. The van der Waals surface area contributed by atoms with Gasteiger partial charge in [-0.3, -0.25) is 14.5 Å². The molecule has 190 valence electrons. The summed E-state index contributed by atoms with van der Waals surface area (Å²) >= 11 is 0. The van der Waals surface area contributed by atoms with Crippen molar-refractivity contribution in [3.05, 3.63) is 101 Å². The van der Waals surface area contributed by atoms with Crippen molar-refractivity contribution < 1.29 is 14.0 Å². The number of amides is 2. The molecule has 2 amide bonds. The first-order valence-corrected chi connectivity index (χ1v) is 12.8. The van der Waals surface area contributed by atoms with Gasteiger partial charge in [0.25, 0.3) is 11.8 Å². The standard InChI is InChI=1S/C30H31FN4O2/c1-20(22-7-10-24(31)11-8-22)33-29(36)23-9-14-26-27(30(37)34-28(26)17-23)18-32-25-12-5-21(6-13-25)19-35-15-3-2-4-16-35/h5-14,17-18,20,32H,2-4,15-16,19H2,1H3,(H,33,36)(H,34,37)/b27-18-/t20-/m1/s1.